The van der Waals surface area contributed by atoms with Crippen molar-refractivity contribution in [2.24, 2.45) is 0 Å². The molecule has 2 saturated heterocycles. The summed E-state index contributed by atoms with van der Waals surface area (Å²) in [6, 6.07) is 10.7. The largest absolute Gasteiger partial charge is 0.393 e. The first-order valence-electron chi connectivity index (χ1n) is 8.65. The number of nitrogens with zero attached hydrogens (tertiary/aromatic N) is 2. The van der Waals surface area contributed by atoms with E-state index in [4.69, 9.17) is 0 Å². The molecule has 126 valence electrons. The second-order valence-corrected chi connectivity index (χ2v) is 6.78. The minimum Gasteiger partial charge on any atom is -0.393 e. The van der Waals surface area contributed by atoms with Gasteiger partial charge in [-0.3, -0.25) is 14.6 Å². The molecule has 0 spiro atoms. The van der Waals surface area contributed by atoms with Crippen LogP contribution in [0.2, 0.25) is 0 Å². The van der Waals surface area contributed by atoms with Crippen molar-refractivity contribution < 1.29 is 9.90 Å². The minimum atomic E-state index is -0.185. The monoisotopic (exact) mass is 317 g/mol. The molecule has 0 unspecified atom stereocenters. The predicted molar refractivity (Wildman–Crippen MR) is 89.9 cm³/mol. The van der Waals surface area contributed by atoms with E-state index in [2.05, 4.69) is 39.4 Å². The van der Waals surface area contributed by atoms with Gasteiger partial charge in [-0.05, 0) is 24.8 Å². The van der Waals surface area contributed by atoms with Crippen molar-refractivity contribution in [2.45, 2.75) is 38.0 Å². The highest BCUT2D eigenvalue weighted by Gasteiger charge is 2.25. The molecule has 2 aliphatic heterocycles. The first kappa shape index (κ1) is 16.4. The van der Waals surface area contributed by atoms with E-state index in [1.54, 1.807) is 0 Å². The number of hydrogen-bond acceptors (Lipinski definition) is 4. The molecule has 0 radical (unpaired) electrons. The SMILES string of the molecule is O=C(CN1CCC(O)CC1)N[C@H]1CCN(Cc2ccccc2)C1. The van der Waals surface area contributed by atoms with Gasteiger partial charge in [-0.1, -0.05) is 30.3 Å². The number of aliphatic hydroxyl groups is 1. The smallest absolute Gasteiger partial charge is 0.234 e. The molecule has 5 heteroatoms. The van der Waals surface area contributed by atoms with Crippen molar-refractivity contribution in [3.05, 3.63) is 35.9 Å². The van der Waals surface area contributed by atoms with Gasteiger partial charge in [0.15, 0.2) is 0 Å². The predicted octanol–water partition coefficient (Wildman–Crippen LogP) is 0.834. The molecule has 0 aliphatic carbocycles. The van der Waals surface area contributed by atoms with Crippen LogP contribution >= 0.6 is 0 Å². The molecule has 2 heterocycles. The second kappa shape index (κ2) is 7.90. The third kappa shape index (κ3) is 5.03. The third-order valence-corrected chi connectivity index (χ3v) is 4.81. The number of carbonyl (C=O) groups is 1. The molecule has 0 aromatic heterocycles. The molecule has 1 aromatic carbocycles. The van der Waals surface area contributed by atoms with Crippen molar-refractivity contribution in [3.63, 3.8) is 0 Å². The maximum atomic E-state index is 12.2. The fourth-order valence-electron chi connectivity index (χ4n) is 3.49. The quantitative estimate of drug-likeness (QED) is 0.845. The van der Waals surface area contributed by atoms with E-state index in [0.29, 0.717) is 6.54 Å². The highest BCUT2D eigenvalue weighted by Crippen LogP contribution is 2.14. The van der Waals surface area contributed by atoms with Gasteiger partial charge in [0.05, 0.1) is 12.6 Å². The standard InChI is InChI=1S/C18H27N3O2/c22-17-7-10-20(11-8-17)14-18(23)19-16-6-9-21(13-16)12-15-4-2-1-3-5-15/h1-5,16-17,22H,6-14H2,(H,19,23)/t16-/m0/s1. The van der Waals surface area contributed by atoms with E-state index in [0.717, 1.165) is 52.0 Å². The number of likely N-dealkylation sites (tertiary alicyclic amines) is 2. The van der Waals surface area contributed by atoms with Crippen molar-refractivity contribution in [1.82, 2.24) is 15.1 Å². The van der Waals surface area contributed by atoms with Crippen LogP contribution in [-0.2, 0) is 11.3 Å². The van der Waals surface area contributed by atoms with Gasteiger partial charge in [-0.25, -0.2) is 0 Å². The number of nitrogens with one attached hydrogen (secondary N) is 1. The van der Waals surface area contributed by atoms with E-state index < -0.39 is 0 Å². The number of hydrogen-bond donors (Lipinski definition) is 2. The molecule has 5 nitrogen and oxygen atoms in total. The Kier molecular flexibility index (Phi) is 5.65. The number of piperidine rings is 1. The lowest BCUT2D eigenvalue weighted by atomic mass is 10.1. The van der Waals surface area contributed by atoms with E-state index in [9.17, 15) is 9.90 Å². The zero-order valence-corrected chi connectivity index (χ0v) is 13.7. The molecule has 0 bridgehead atoms. The van der Waals surface area contributed by atoms with Gasteiger partial charge >= 0.3 is 0 Å². The Bertz CT molecular complexity index is 500. The summed E-state index contributed by atoms with van der Waals surface area (Å²) < 4.78 is 0. The van der Waals surface area contributed by atoms with Crippen LogP contribution in [-0.4, -0.2) is 65.7 Å². The summed E-state index contributed by atoms with van der Waals surface area (Å²) in [5.74, 6) is 0.118. The zero-order valence-electron chi connectivity index (χ0n) is 13.7. The van der Waals surface area contributed by atoms with Gasteiger partial charge in [-0.15, -0.1) is 0 Å². The van der Waals surface area contributed by atoms with Crippen LogP contribution in [0, 0.1) is 0 Å². The van der Waals surface area contributed by atoms with Crippen molar-refractivity contribution in [2.75, 3.05) is 32.7 Å². The highest BCUT2D eigenvalue weighted by molar-refractivity contribution is 5.78. The van der Waals surface area contributed by atoms with Crippen LogP contribution in [0.5, 0.6) is 0 Å². The molecule has 2 fully saturated rings. The number of amides is 1. The molecule has 1 atom stereocenters. The van der Waals surface area contributed by atoms with Crippen LogP contribution < -0.4 is 5.32 Å². The Morgan fingerprint density at radius 2 is 1.78 bits per heavy atom. The van der Waals surface area contributed by atoms with Gasteiger partial charge in [0.25, 0.3) is 0 Å². The van der Waals surface area contributed by atoms with Gasteiger partial charge in [-0.2, -0.15) is 0 Å². The number of aliphatic hydroxyl groups excluding tert-OH is 1. The normalized spacial score (nSPS) is 24.0. The summed E-state index contributed by atoms with van der Waals surface area (Å²) in [5.41, 5.74) is 1.33. The average molecular weight is 317 g/mol. The Hall–Kier alpha value is -1.43. The molecule has 0 saturated carbocycles. The van der Waals surface area contributed by atoms with Crippen LogP contribution in [0.25, 0.3) is 0 Å². The average Bonchev–Trinajstić information content (AvgIpc) is 2.97. The maximum absolute atomic E-state index is 12.2. The molecule has 1 aromatic rings. The molecule has 1 amide bonds. The highest BCUT2D eigenvalue weighted by atomic mass is 16.3. The van der Waals surface area contributed by atoms with E-state index in [-0.39, 0.29) is 18.1 Å². The lowest BCUT2D eigenvalue weighted by Crippen LogP contribution is -2.45. The zero-order chi connectivity index (χ0) is 16.1. The van der Waals surface area contributed by atoms with E-state index >= 15 is 0 Å². The number of benzene rings is 1. The topological polar surface area (TPSA) is 55.8 Å². The molecule has 3 rings (SSSR count). The Morgan fingerprint density at radius 1 is 1.09 bits per heavy atom. The summed E-state index contributed by atoms with van der Waals surface area (Å²) >= 11 is 0. The number of rotatable bonds is 5. The summed E-state index contributed by atoms with van der Waals surface area (Å²) in [6.45, 7) is 5.02. The summed E-state index contributed by atoms with van der Waals surface area (Å²) in [6.07, 6.45) is 2.40. The Morgan fingerprint density at radius 3 is 2.52 bits per heavy atom. The summed E-state index contributed by atoms with van der Waals surface area (Å²) in [4.78, 5) is 16.7. The Balaban J connectivity index is 1.38. The minimum absolute atomic E-state index is 0.118. The molecule has 2 aliphatic rings. The fraction of sp³-hybridized carbons (Fsp3) is 0.611. The van der Waals surface area contributed by atoms with E-state index in [1.165, 1.54) is 5.56 Å². The molecule has 2 N–H and O–H groups in total. The van der Waals surface area contributed by atoms with Crippen molar-refractivity contribution in [3.8, 4) is 0 Å². The van der Waals surface area contributed by atoms with Gasteiger partial charge < -0.3 is 10.4 Å². The first-order chi connectivity index (χ1) is 11.2. The lowest BCUT2D eigenvalue weighted by molar-refractivity contribution is -0.123. The molecular weight excluding hydrogens is 290 g/mol. The van der Waals surface area contributed by atoms with Gasteiger partial charge in [0, 0.05) is 38.8 Å². The van der Waals surface area contributed by atoms with Gasteiger partial charge in [0.1, 0.15) is 0 Å². The van der Waals surface area contributed by atoms with Crippen molar-refractivity contribution in [1.29, 1.82) is 0 Å². The maximum Gasteiger partial charge on any atom is 0.234 e. The van der Waals surface area contributed by atoms with Crippen LogP contribution in [0.15, 0.2) is 30.3 Å². The van der Waals surface area contributed by atoms with Crippen LogP contribution in [0.3, 0.4) is 0 Å². The van der Waals surface area contributed by atoms with Crippen LogP contribution in [0.1, 0.15) is 24.8 Å². The Labute approximate surface area is 138 Å². The third-order valence-electron chi connectivity index (χ3n) is 4.81. The lowest BCUT2D eigenvalue weighted by Gasteiger charge is -2.29. The van der Waals surface area contributed by atoms with Gasteiger partial charge in [0.2, 0.25) is 5.91 Å². The fourth-order valence-corrected chi connectivity index (χ4v) is 3.49. The summed E-state index contributed by atoms with van der Waals surface area (Å²) in [7, 11) is 0. The molecular formula is C18H27N3O2. The molecule has 23 heavy (non-hydrogen) atoms. The summed E-state index contributed by atoms with van der Waals surface area (Å²) in [5, 5.41) is 12.7. The van der Waals surface area contributed by atoms with E-state index in [1.807, 2.05) is 6.07 Å². The number of carbonyl (C=O) groups excluding carboxylic acids is 1. The second-order valence-electron chi connectivity index (χ2n) is 6.78. The van der Waals surface area contributed by atoms with Crippen molar-refractivity contribution >= 4 is 5.91 Å². The first-order valence-corrected chi connectivity index (χ1v) is 8.65. The van der Waals surface area contributed by atoms with Crippen LogP contribution in [0.4, 0.5) is 0 Å².